The van der Waals surface area contributed by atoms with Crippen LogP contribution in [0.1, 0.15) is 31.9 Å². The van der Waals surface area contributed by atoms with Crippen molar-refractivity contribution >= 4 is 11.6 Å². The summed E-state index contributed by atoms with van der Waals surface area (Å²) in [6.45, 7) is 7.77. The van der Waals surface area contributed by atoms with Crippen LogP contribution in [0.4, 0.5) is 0 Å². The second kappa shape index (κ2) is 3.92. The van der Waals surface area contributed by atoms with Crippen molar-refractivity contribution in [3.8, 4) is 0 Å². The molecule has 1 nitrogen and oxygen atoms in total. The molecule has 0 aliphatic heterocycles. The van der Waals surface area contributed by atoms with Gasteiger partial charge in [0, 0.05) is 5.02 Å². The molecule has 1 N–H and O–H groups in total. The van der Waals surface area contributed by atoms with Crippen molar-refractivity contribution in [3.63, 3.8) is 0 Å². The number of hydrogen-bond acceptors (Lipinski definition) is 1. The zero-order valence-electron chi connectivity index (χ0n) is 9.13. The Labute approximate surface area is 90.7 Å². The smallest absolute Gasteiger partial charge is 0.0894 e. The zero-order chi connectivity index (χ0) is 10.9. The molecule has 1 aromatic rings. The third-order valence-electron chi connectivity index (χ3n) is 2.94. The van der Waals surface area contributed by atoms with Gasteiger partial charge in [0.1, 0.15) is 0 Å². The summed E-state index contributed by atoms with van der Waals surface area (Å²) >= 11 is 6.01. The number of benzene rings is 1. The number of hydrogen-bond donors (Lipinski definition) is 1. The summed E-state index contributed by atoms with van der Waals surface area (Å²) in [7, 11) is 0. The largest absolute Gasteiger partial charge is 0.385 e. The molecule has 0 fully saturated rings. The molecule has 0 aromatic heterocycles. The Kier molecular flexibility index (Phi) is 3.23. The molecule has 1 atom stereocenters. The summed E-state index contributed by atoms with van der Waals surface area (Å²) in [6, 6.07) is 5.65. The average molecular weight is 213 g/mol. The fraction of sp³-hybridized carbons (Fsp3) is 0.500. The van der Waals surface area contributed by atoms with E-state index in [9.17, 15) is 5.11 Å². The summed E-state index contributed by atoms with van der Waals surface area (Å²) in [5, 5.41) is 11.0. The van der Waals surface area contributed by atoms with Gasteiger partial charge in [0.15, 0.2) is 0 Å². The van der Waals surface area contributed by atoms with E-state index in [-0.39, 0.29) is 5.92 Å². The molecule has 0 saturated carbocycles. The molecule has 0 aliphatic rings. The fourth-order valence-corrected chi connectivity index (χ4v) is 1.64. The maximum absolute atomic E-state index is 10.3. The van der Waals surface area contributed by atoms with Gasteiger partial charge < -0.3 is 5.11 Å². The number of aliphatic hydroxyl groups is 1. The highest BCUT2D eigenvalue weighted by molar-refractivity contribution is 6.31. The van der Waals surface area contributed by atoms with Crippen LogP contribution in [0.3, 0.4) is 0 Å². The highest BCUT2D eigenvalue weighted by Gasteiger charge is 2.29. The van der Waals surface area contributed by atoms with Crippen molar-refractivity contribution in [2.45, 2.75) is 33.3 Å². The van der Waals surface area contributed by atoms with E-state index in [4.69, 9.17) is 11.6 Å². The normalized spacial score (nSPS) is 15.6. The lowest BCUT2D eigenvalue weighted by atomic mass is 9.83. The van der Waals surface area contributed by atoms with Crippen molar-refractivity contribution in [1.29, 1.82) is 0 Å². The Morgan fingerprint density at radius 1 is 1.36 bits per heavy atom. The van der Waals surface area contributed by atoms with E-state index in [1.807, 2.05) is 45.9 Å². The Hall–Kier alpha value is -0.530. The standard InChI is InChI=1S/C12H17ClO/c1-8(2)12(4,14)10-6-5-7-11(13)9(10)3/h5-8,14H,1-4H3/t12-/m1/s1. The molecular weight excluding hydrogens is 196 g/mol. The van der Waals surface area contributed by atoms with Crippen LogP contribution in [-0.2, 0) is 5.60 Å². The van der Waals surface area contributed by atoms with Gasteiger partial charge in [-0.1, -0.05) is 37.6 Å². The minimum absolute atomic E-state index is 0.166. The Morgan fingerprint density at radius 3 is 2.43 bits per heavy atom. The molecule has 78 valence electrons. The van der Waals surface area contributed by atoms with Gasteiger partial charge in [0.2, 0.25) is 0 Å². The first-order valence-electron chi connectivity index (χ1n) is 4.85. The van der Waals surface area contributed by atoms with Crippen LogP contribution in [-0.4, -0.2) is 5.11 Å². The maximum atomic E-state index is 10.3. The molecule has 0 saturated heterocycles. The molecule has 0 unspecified atom stereocenters. The van der Waals surface area contributed by atoms with E-state index in [2.05, 4.69) is 0 Å². The van der Waals surface area contributed by atoms with Gasteiger partial charge in [0.25, 0.3) is 0 Å². The highest BCUT2D eigenvalue weighted by Crippen LogP contribution is 2.33. The molecule has 0 heterocycles. The predicted octanol–water partition coefficient (Wildman–Crippen LogP) is 3.51. The van der Waals surface area contributed by atoms with Gasteiger partial charge in [-0.05, 0) is 37.0 Å². The van der Waals surface area contributed by atoms with Crippen LogP contribution >= 0.6 is 11.6 Å². The van der Waals surface area contributed by atoms with Crippen molar-refractivity contribution in [2.24, 2.45) is 5.92 Å². The molecule has 1 aromatic carbocycles. The zero-order valence-corrected chi connectivity index (χ0v) is 9.89. The Morgan fingerprint density at radius 2 is 1.93 bits per heavy atom. The first-order chi connectivity index (χ1) is 6.37. The lowest BCUT2D eigenvalue weighted by molar-refractivity contribution is 0.00848. The van der Waals surface area contributed by atoms with E-state index >= 15 is 0 Å². The number of halogens is 1. The van der Waals surface area contributed by atoms with Gasteiger partial charge in [0.05, 0.1) is 5.60 Å². The van der Waals surface area contributed by atoms with Crippen molar-refractivity contribution in [1.82, 2.24) is 0 Å². The first-order valence-corrected chi connectivity index (χ1v) is 5.23. The first kappa shape index (κ1) is 11.5. The van der Waals surface area contributed by atoms with Crippen LogP contribution in [0.25, 0.3) is 0 Å². The average Bonchev–Trinajstić information content (AvgIpc) is 2.09. The maximum Gasteiger partial charge on any atom is 0.0894 e. The number of rotatable bonds is 2. The second-order valence-electron chi connectivity index (χ2n) is 4.21. The quantitative estimate of drug-likeness (QED) is 0.796. The molecule has 0 aliphatic carbocycles. The van der Waals surface area contributed by atoms with Gasteiger partial charge in [-0.3, -0.25) is 0 Å². The Bertz CT molecular complexity index is 329. The predicted molar refractivity (Wildman–Crippen MR) is 60.6 cm³/mol. The summed E-state index contributed by atoms with van der Waals surface area (Å²) in [5.74, 6) is 0.166. The molecule has 0 bridgehead atoms. The summed E-state index contributed by atoms with van der Waals surface area (Å²) < 4.78 is 0. The van der Waals surface area contributed by atoms with E-state index in [1.54, 1.807) is 0 Å². The van der Waals surface area contributed by atoms with E-state index in [0.29, 0.717) is 5.02 Å². The van der Waals surface area contributed by atoms with E-state index in [1.165, 1.54) is 0 Å². The van der Waals surface area contributed by atoms with Gasteiger partial charge in [-0.2, -0.15) is 0 Å². The fourth-order valence-electron chi connectivity index (χ4n) is 1.47. The molecule has 14 heavy (non-hydrogen) atoms. The third kappa shape index (κ3) is 1.94. The minimum atomic E-state index is -0.811. The minimum Gasteiger partial charge on any atom is -0.385 e. The molecule has 0 radical (unpaired) electrons. The van der Waals surface area contributed by atoms with Crippen molar-refractivity contribution < 1.29 is 5.11 Å². The van der Waals surface area contributed by atoms with Gasteiger partial charge in [-0.15, -0.1) is 0 Å². The van der Waals surface area contributed by atoms with E-state index < -0.39 is 5.60 Å². The second-order valence-corrected chi connectivity index (χ2v) is 4.62. The van der Waals surface area contributed by atoms with Gasteiger partial charge in [-0.25, -0.2) is 0 Å². The molecule has 0 amide bonds. The summed E-state index contributed by atoms with van der Waals surface area (Å²) in [4.78, 5) is 0. The molecule has 2 heteroatoms. The van der Waals surface area contributed by atoms with Crippen LogP contribution in [0.15, 0.2) is 18.2 Å². The summed E-state index contributed by atoms with van der Waals surface area (Å²) in [5.41, 5.74) is 1.07. The van der Waals surface area contributed by atoms with Crippen LogP contribution in [0.2, 0.25) is 5.02 Å². The Balaban J connectivity index is 3.26. The van der Waals surface area contributed by atoms with E-state index in [0.717, 1.165) is 11.1 Å². The molecule has 1 rings (SSSR count). The van der Waals surface area contributed by atoms with Crippen molar-refractivity contribution in [2.75, 3.05) is 0 Å². The van der Waals surface area contributed by atoms with Crippen LogP contribution < -0.4 is 0 Å². The highest BCUT2D eigenvalue weighted by atomic mass is 35.5. The van der Waals surface area contributed by atoms with Crippen LogP contribution in [0, 0.1) is 12.8 Å². The summed E-state index contributed by atoms with van der Waals surface area (Å²) in [6.07, 6.45) is 0. The SMILES string of the molecule is Cc1c(Cl)cccc1[C@](C)(O)C(C)C. The monoisotopic (exact) mass is 212 g/mol. The van der Waals surface area contributed by atoms with Crippen LogP contribution in [0.5, 0.6) is 0 Å². The van der Waals surface area contributed by atoms with Crippen molar-refractivity contribution in [3.05, 3.63) is 34.3 Å². The lowest BCUT2D eigenvalue weighted by Crippen LogP contribution is -2.28. The third-order valence-corrected chi connectivity index (χ3v) is 3.35. The molecule has 0 spiro atoms. The lowest BCUT2D eigenvalue weighted by Gasteiger charge is -2.30. The topological polar surface area (TPSA) is 20.2 Å². The van der Waals surface area contributed by atoms with Gasteiger partial charge >= 0.3 is 0 Å². The molecular formula is C12H17ClO.